The third-order valence-corrected chi connectivity index (χ3v) is 4.63. The second kappa shape index (κ2) is 7.23. The van der Waals surface area contributed by atoms with Crippen LogP contribution in [0.2, 0.25) is 0 Å². The van der Waals surface area contributed by atoms with Gasteiger partial charge in [0.05, 0.1) is 11.1 Å². The molecule has 6 nitrogen and oxygen atoms in total. The number of benzene rings is 2. The number of primary amides is 1. The summed E-state index contributed by atoms with van der Waals surface area (Å²) >= 11 is 3.36. The minimum Gasteiger partial charge on any atom is -0.366 e. The van der Waals surface area contributed by atoms with Crippen LogP contribution in [0, 0.1) is 0 Å². The summed E-state index contributed by atoms with van der Waals surface area (Å²) in [6.45, 7) is 0. The first-order valence-electron chi connectivity index (χ1n) is 7.85. The summed E-state index contributed by atoms with van der Waals surface area (Å²) < 4.78 is 1.98. The lowest BCUT2D eigenvalue weighted by Gasteiger charge is -2.15. The van der Waals surface area contributed by atoms with Crippen LogP contribution in [0.5, 0.6) is 0 Å². The van der Waals surface area contributed by atoms with Crippen LogP contribution in [-0.2, 0) is 4.79 Å². The number of nitrogens with two attached hydrogens (primary N) is 1. The highest BCUT2D eigenvalue weighted by atomic mass is 79.9. The number of halogens is 1. The summed E-state index contributed by atoms with van der Waals surface area (Å²) in [6, 6.07) is 13.2. The molecule has 1 heterocycles. The van der Waals surface area contributed by atoms with Crippen LogP contribution in [0.15, 0.2) is 59.2 Å². The number of ketones is 1. The van der Waals surface area contributed by atoms with Crippen molar-refractivity contribution in [2.75, 3.05) is 7.05 Å². The molecule has 0 saturated heterocycles. The first kappa shape index (κ1) is 18.0. The lowest BCUT2D eigenvalue weighted by molar-refractivity contribution is -0.117. The summed E-state index contributed by atoms with van der Waals surface area (Å²) in [5, 5.41) is 3.41. The zero-order valence-corrected chi connectivity index (χ0v) is 15.5. The SMILES string of the molecule is CN[C@H](C(=O)C(=O)n1cc(C(N)=O)c2ccccc21)c1cccc(Br)c1. The van der Waals surface area contributed by atoms with E-state index in [0.717, 1.165) is 4.47 Å². The Balaban J connectivity index is 2.05. The monoisotopic (exact) mass is 413 g/mol. The van der Waals surface area contributed by atoms with Gasteiger partial charge >= 0.3 is 5.91 Å². The van der Waals surface area contributed by atoms with E-state index < -0.39 is 23.6 Å². The van der Waals surface area contributed by atoms with Gasteiger partial charge in [-0.15, -0.1) is 0 Å². The number of nitrogens with one attached hydrogen (secondary N) is 1. The molecule has 0 bridgehead atoms. The van der Waals surface area contributed by atoms with Gasteiger partial charge in [0.2, 0.25) is 5.78 Å². The standard InChI is InChI=1S/C19H16BrN3O3/c1-22-16(11-5-4-6-12(20)9-11)17(24)19(26)23-10-14(18(21)25)13-7-2-3-8-15(13)23/h2-10,16,22H,1H3,(H2,21,25)/t16-/m0/s1. The van der Waals surface area contributed by atoms with E-state index in [1.807, 2.05) is 6.07 Å². The molecule has 2 aromatic carbocycles. The number of amides is 1. The van der Waals surface area contributed by atoms with Crippen molar-refractivity contribution in [3.05, 3.63) is 70.3 Å². The van der Waals surface area contributed by atoms with Gasteiger partial charge in [-0.05, 0) is 30.8 Å². The molecule has 0 fully saturated rings. The number of likely N-dealkylation sites (N-methyl/N-ethyl adjacent to an activating group) is 1. The maximum atomic E-state index is 12.9. The van der Waals surface area contributed by atoms with Gasteiger partial charge in [0.25, 0.3) is 5.91 Å². The molecule has 0 spiro atoms. The average molecular weight is 414 g/mol. The molecule has 0 unspecified atom stereocenters. The normalized spacial score (nSPS) is 12.1. The van der Waals surface area contributed by atoms with E-state index in [-0.39, 0.29) is 5.56 Å². The highest BCUT2D eigenvalue weighted by molar-refractivity contribution is 9.10. The molecule has 1 aromatic heterocycles. The maximum absolute atomic E-state index is 12.9. The highest BCUT2D eigenvalue weighted by Gasteiger charge is 2.28. The Kier molecular flexibility index (Phi) is 5.01. The first-order chi connectivity index (χ1) is 12.4. The van der Waals surface area contributed by atoms with Gasteiger partial charge in [-0.25, -0.2) is 0 Å². The molecule has 132 valence electrons. The predicted octanol–water partition coefficient (Wildman–Crippen LogP) is 2.67. The molecule has 3 aromatic rings. The van der Waals surface area contributed by atoms with E-state index in [1.165, 1.54) is 10.8 Å². The number of rotatable bonds is 5. The number of carbonyl (C=O) groups is 3. The fraction of sp³-hybridized carbons (Fsp3) is 0.105. The van der Waals surface area contributed by atoms with Crippen molar-refractivity contribution in [1.29, 1.82) is 0 Å². The average Bonchev–Trinajstić information content (AvgIpc) is 3.01. The molecule has 0 aliphatic heterocycles. The predicted molar refractivity (Wildman–Crippen MR) is 102 cm³/mol. The number of fused-ring (bicyclic) bond motifs is 1. The van der Waals surface area contributed by atoms with E-state index in [9.17, 15) is 14.4 Å². The summed E-state index contributed by atoms with van der Waals surface area (Å²) in [7, 11) is 1.61. The molecule has 0 saturated carbocycles. The number of hydrogen-bond donors (Lipinski definition) is 2. The van der Waals surface area contributed by atoms with Crippen LogP contribution in [0.25, 0.3) is 10.9 Å². The van der Waals surface area contributed by atoms with Gasteiger partial charge in [-0.2, -0.15) is 0 Å². The number of Topliss-reactive ketones (excluding diaryl/α,β-unsaturated/α-hetero) is 1. The van der Waals surface area contributed by atoms with Crippen LogP contribution in [0.1, 0.15) is 26.8 Å². The zero-order chi connectivity index (χ0) is 18.8. The minimum atomic E-state index is -0.807. The largest absolute Gasteiger partial charge is 0.366 e. The highest BCUT2D eigenvalue weighted by Crippen LogP contribution is 2.23. The first-order valence-corrected chi connectivity index (χ1v) is 8.64. The van der Waals surface area contributed by atoms with Gasteiger partial charge in [-0.3, -0.25) is 19.0 Å². The molecule has 1 atom stereocenters. The number of carbonyl (C=O) groups excluding carboxylic acids is 3. The van der Waals surface area contributed by atoms with Gasteiger partial charge < -0.3 is 11.1 Å². The van der Waals surface area contributed by atoms with Gasteiger partial charge in [0, 0.05) is 16.1 Å². The second-order valence-electron chi connectivity index (χ2n) is 5.74. The Morgan fingerprint density at radius 1 is 1.12 bits per heavy atom. The van der Waals surface area contributed by atoms with Gasteiger partial charge in [0.1, 0.15) is 6.04 Å². The minimum absolute atomic E-state index is 0.199. The second-order valence-corrected chi connectivity index (χ2v) is 6.66. The third-order valence-electron chi connectivity index (χ3n) is 4.14. The summed E-state index contributed by atoms with van der Waals surface area (Å²) in [6.07, 6.45) is 1.32. The quantitative estimate of drug-likeness (QED) is 0.628. The Labute approximate surface area is 158 Å². The van der Waals surface area contributed by atoms with E-state index in [4.69, 9.17) is 5.73 Å². The van der Waals surface area contributed by atoms with E-state index >= 15 is 0 Å². The number of aromatic nitrogens is 1. The molecular weight excluding hydrogens is 398 g/mol. The Morgan fingerprint density at radius 3 is 2.50 bits per heavy atom. The fourth-order valence-corrected chi connectivity index (χ4v) is 3.34. The van der Waals surface area contributed by atoms with Crippen LogP contribution in [0.3, 0.4) is 0 Å². The number of para-hydroxylation sites is 1. The molecule has 3 N–H and O–H groups in total. The van der Waals surface area contributed by atoms with Gasteiger partial charge in [-0.1, -0.05) is 46.3 Å². The van der Waals surface area contributed by atoms with Crippen molar-refractivity contribution in [3.63, 3.8) is 0 Å². The maximum Gasteiger partial charge on any atom is 0.300 e. The Hall–Kier alpha value is -2.77. The van der Waals surface area contributed by atoms with E-state index in [0.29, 0.717) is 16.5 Å². The van der Waals surface area contributed by atoms with Crippen LogP contribution in [-0.4, -0.2) is 29.2 Å². The third kappa shape index (κ3) is 3.18. The van der Waals surface area contributed by atoms with Crippen molar-refractivity contribution in [2.45, 2.75) is 6.04 Å². The van der Waals surface area contributed by atoms with Gasteiger partial charge in [0.15, 0.2) is 0 Å². The summed E-state index contributed by atoms with van der Waals surface area (Å²) in [5.74, 6) is -2.03. The number of nitrogens with zero attached hydrogens (tertiary/aromatic N) is 1. The van der Waals surface area contributed by atoms with E-state index in [2.05, 4.69) is 21.2 Å². The summed E-state index contributed by atoms with van der Waals surface area (Å²) in [4.78, 5) is 37.4. The van der Waals surface area contributed by atoms with Crippen molar-refractivity contribution < 1.29 is 14.4 Å². The van der Waals surface area contributed by atoms with Crippen molar-refractivity contribution >= 4 is 44.4 Å². The van der Waals surface area contributed by atoms with Crippen LogP contribution in [0.4, 0.5) is 0 Å². The lowest BCUT2D eigenvalue weighted by Crippen LogP contribution is -2.34. The molecular formula is C19H16BrN3O3. The molecule has 3 rings (SSSR count). The molecule has 0 aliphatic rings. The fourth-order valence-electron chi connectivity index (χ4n) is 2.92. The molecule has 0 radical (unpaired) electrons. The van der Waals surface area contributed by atoms with Crippen molar-refractivity contribution in [3.8, 4) is 0 Å². The van der Waals surface area contributed by atoms with Crippen LogP contribution >= 0.6 is 15.9 Å². The van der Waals surface area contributed by atoms with E-state index in [1.54, 1.807) is 49.5 Å². The summed E-state index contributed by atoms with van der Waals surface area (Å²) in [5.41, 5.74) is 6.72. The van der Waals surface area contributed by atoms with Crippen LogP contribution < -0.4 is 11.1 Å². The Morgan fingerprint density at radius 2 is 1.85 bits per heavy atom. The van der Waals surface area contributed by atoms with Crippen molar-refractivity contribution in [1.82, 2.24) is 9.88 Å². The number of hydrogen-bond acceptors (Lipinski definition) is 4. The lowest BCUT2D eigenvalue weighted by atomic mass is 10.0. The Bertz CT molecular complexity index is 1030. The molecule has 26 heavy (non-hydrogen) atoms. The molecule has 1 amide bonds. The molecule has 7 heteroatoms. The topological polar surface area (TPSA) is 94.2 Å². The van der Waals surface area contributed by atoms with Crippen molar-refractivity contribution in [2.24, 2.45) is 5.73 Å². The zero-order valence-electron chi connectivity index (χ0n) is 13.9. The molecule has 0 aliphatic carbocycles. The smallest absolute Gasteiger partial charge is 0.300 e.